The Labute approximate surface area is 243 Å². The number of piperazine rings is 1. The van der Waals surface area contributed by atoms with Crippen molar-refractivity contribution in [3.63, 3.8) is 0 Å². The molecule has 2 aromatic carbocycles. The van der Waals surface area contributed by atoms with E-state index in [2.05, 4.69) is 25.6 Å². The molecule has 2 aromatic rings. The minimum Gasteiger partial charge on any atom is -0.340 e. The minimum absolute atomic E-state index is 0.0451. The van der Waals surface area contributed by atoms with Crippen molar-refractivity contribution >= 4 is 54.4 Å². The standard InChI is InChI=1S/C28H36BrN5O5S/c1-20(35)32-14-12-31(13-15-32)18-24-4-2-11-34(24)27(36)19-33-10-3-5-26(28(33)37)30-40(38,39)25-9-7-21-16-23(29)8-6-22(21)17-25/h6-9,16-17,24,26,30H,2-5,10-15,18-19H2,1H3/t24-,26-/m0/s1. The fourth-order valence-electron chi connectivity index (χ4n) is 5.98. The summed E-state index contributed by atoms with van der Waals surface area (Å²) in [5.41, 5.74) is 0. The molecule has 0 aromatic heterocycles. The number of likely N-dealkylation sites (tertiary alicyclic amines) is 2. The van der Waals surface area contributed by atoms with Gasteiger partial charge in [-0.05, 0) is 60.7 Å². The van der Waals surface area contributed by atoms with Crippen LogP contribution in [-0.4, -0.2) is 110 Å². The van der Waals surface area contributed by atoms with Crippen molar-refractivity contribution in [3.8, 4) is 0 Å². The molecule has 3 amide bonds. The highest BCUT2D eigenvalue weighted by molar-refractivity contribution is 9.10. The molecule has 0 aliphatic carbocycles. The summed E-state index contributed by atoms with van der Waals surface area (Å²) in [6, 6.07) is 9.68. The normalized spacial score (nSPS) is 22.8. The molecule has 3 aliphatic heterocycles. The molecule has 0 spiro atoms. The smallest absolute Gasteiger partial charge is 0.242 e. The van der Waals surface area contributed by atoms with Gasteiger partial charge in [-0.2, -0.15) is 4.72 Å². The predicted octanol–water partition coefficient (Wildman–Crippen LogP) is 2.03. The topological polar surface area (TPSA) is 110 Å². The summed E-state index contributed by atoms with van der Waals surface area (Å²) < 4.78 is 29.9. The van der Waals surface area contributed by atoms with Gasteiger partial charge >= 0.3 is 0 Å². The van der Waals surface area contributed by atoms with Crippen LogP contribution >= 0.6 is 15.9 Å². The lowest BCUT2D eigenvalue weighted by Gasteiger charge is -2.38. The number of nitrogens with one attached hydrogen (secondary N) is 1. The number of sulfonamides is 1. The summed E-state index contributed by atoms with van der Waals surface area (Å²) in [6.07, 6.45) is 2.84. The highest BCUT2D eigenvalue weighted by Crippen LogP contribution is 2.24. The largest absolute Gasteiger partial charge is 0.340 e. The molecule has 0 radical (unpaired) electrons. The van der Waals surface area contributed by atoms with Gasteiger partial charge in [0.05, 0.1) is 11.4 Å². The van der Waals surface area contributed by atoms with Crippen molar-refractivity contribution in [2.45, 2.75) is 49.6 Å². The number of carbonyl (C=O) groups excluding carboxylic acids is 3. The molecule has 3 fully saturated rings. The predicted molar refractivity (Wildman–Crippen MR) is 155 cm³/mol. The summed E-state index contributed by atoms with van der Waals surface area (Å²) in [7, 11) is -3.93. The van der Waals surface area contributed by atoms with Crippen LogP contribution in [0.3, 0.4) is 0 Å². The van der Waals surface area contributed by atoms with Crippen molar-refractivity contribution in [2.75, 3.05) is 52.4 Å². The number of fused-ring (bicyclic) bond motifs is 1. The van der Waals surface area contributed by atoms with Gasteiger partial charge in [0, 0.05) is 63.3 Å². The first-order valence-electron chi connectivity index (χ1n) is 13.9. The van der Waals surface area contributed by atoms with Crippen LogP contribution in [0.1, 0.15) is 32.6 Å². The first kappa shape index (κ1) is 29.0. The second kappa shape index (κ2) is 12.1. The number of hydrogen-bond acceptors (Lipinski definition) is 6. The number of hydrogen-bond donors (Lipinski definition) is 1. The Morgan fingerprint density at radius 2 is 1.65 bits per heavy atom. The maximum Gasteiger partial charge on any atom is 0.242 e. The zero-order chi connectivity index (χ0) is 28.4. The van der Waals surface area contributed by atoms with Gasteiger partial charge in [-0.3, -0.25) is 19.3 Å². The zero-order valence-corrected chi connectivity index (χ0v) is 25.1. The third kappa shape index (κ3) is 6.50. The van der Waals surface area contributed by atoms with E-state index in [-0.39, 0.29) is 35.2 Å². The lowest BCUT2D eigenvalue weighted by Crippen LogP contribution is -2.56. The van der Waals surface area contributed by atoms with Crippen molar-refractivity contribution in [1.82, 2.24) is 24.3 Å². The molecule has 2 atom stereocenters. The van der Waals surface area contributed by atoms with Gasteiger partial charge in [-0.1, -0.05) is 28.1 Å². The van der Waals surface area contributed by atoms with Gasteiger partial charge in [-0.25, -0.2) is 8.42 Å². The van der Waals surface area contributed by atoms with Gasteiger partial charge in [0.25, 0.3) is 0 Å². The van der Waals surface area contributed by atoms with Gasteiger partial charge < -0.3 is 14.7 Å². The van der Waals surface area contributed by atoms with Crippen molar-refractivity contribution in [3.05, 3.63) is 40.9 Å². The molecule has 3 aliphatic rings. The van der Waals surface area contributed by atoms with Crippen LogP contribution in [0.5, 0.6) is 0 Å². The van der Waals surface area contributed by atoms with Gasteiger partial charge in [0.15, 0.2) is 0 Å². The lowest BCUT2D eigenvalue weighted by atomic mass is 10.1. The van der Waals surface area contributed by atoms with Crippen LogP contribution in [0, 0.1) is 0 Å². The van der Waals surface area contributed by atoms with E-state index in [9.17, 15) is 22.8 Å². The van der Waals surface area contributed by atoms with Crippen LogP contribution in [0.2, 0.25) is 0 Å². The quantitative estimate of drug-likeness (QED) is 0.500. The Bertz CT molecular complexity index is 1390. The van der Waals surface area contributed by atoms with E-state index in [1.165, 1.54) is 4.90 Å². The molecular formula is C28H36BrN5O5S. The van der Waals surface area contributed by atoms with E-state index in [4.69, 9.17) is 0 Å². The number of nitrogens with zero attached hydrogens (tertiary/aromatic N) is 4. The monoisotopic (exact) mass is 633 g/mol. The third-order valence-corrected chi connectivity index (χ3v) is 10.2. The first-order chi connectivity index (χ1) is 19.1. The van der Waals surface area contributed by atoms with Gasteiger partial charge in [0.2, 0.25) is 27.7 Å². The van der Waals surface area contributed by atoms with Crippen molar-refractivity contribution < 1.29 is 22.8 Å². The second-order valence-electron chi connectivity index (χ2n) is 10.9. The average molecular weight is 635 g/mol. The molecule has 0 unspecified atom stereocenters. The van der Waals surface area contributed by atoms with E-state index in [1.54, 1.807) is 25.1 Å². The summed E-state index contributed by atoms with van der Waals surface area (Å²) in [6.45, 7) is 6.38. The van der Waals surface area contributed by atoms with E-state index in [0.29, 0.717) is 39.0 Å². The van der Waals surface area contributed by atoms with E-state index >= 15 is 0 Å². The fraction of sp³-hybridized carbons (Fsp3) is 0.536. The number of piperidine rings is 1. The van der Waals surface area contributed by atoms with Crippen molar-refractivity contribution in [1.29, 1.82) is 0 Å². The van der Waals surface area contributed by atoms with Crippen LogP contribution in [0.15, 0.2) is 45.8 Å². The molecule has 0 saturated carbocycles. The van der Waals surface area contributed by atoms with E-state index in [1.807, 2.05) is 28.0 Å². The summed E-state index contributed by atoms with van der Waals surface area (Å²) in [5.74, 6) is -0.360. The molecule has 3 saturated heterocycles. The molecule has 40 heavy (non-hydrogen) atoms. The summed E-state index contributed by atoms with van der Waals surface area (Å²) in [4.78, 5) is 45.9. The Kier molecular flexibility index (Phi) is 8.79. The molecule has 5 rings (SSSR count). The highest BCUT2D eigenvalue weighted by Gasteiger charge is 2.36. The highest BCUT2D eigenvalue weighted by atomic mass is 79.9. The number of halogens is 1. The fourth-order valence-corrected chi connectivity index (χ4v) is 7.61. The van der Waals surface area contributed by atoms with Crippen molar-refractivity contribution in [2.24, 2.45) is 0 Å². The van der Waals surface area contributed by atoms with Gasteiger partial charge in [-0.15, -0.1) is 0 Å². The number of benzene rings is 2. The molecule has 10 nitrogen and oxygen atoms in total. The average Bonchev–Trinajstić information content (AvgIpc) is 3.39. The maximum absolute atomic E-state index is 13.3. The molecule has 0 bridgehead atoms. The Morgan fingerprint density at radius 3 is 2.40 bits per heavy atom. The zero-order valence-electron chi connectivity index (χ0n) is 22.7. The molecule has 12 heteroatoms. The second-order valence-corrected chi connectivity index (χ2v) is 13.5. The van der Waals surface area contributed by atoms with Crippen LogP contribution in [-0.2, 0) is 24.4 Å². The van der Waals surface area contributed by atoms with Gasteiger partial charge in [0.1, 0.15) is 6.04 Å². The molecule has 3 heterocycles. The number of carbonyl (C=O) groups is 3. The molecular weight excluding hydrogens is 598 g/mol. The third-order valence-electron chi connectivity index (χ3n) is 8.22. The van der Waals surface area contributed by atoms with Crippen LogP contribution in [0.25, 0.3) is 10.8 Å². The first-order valence-corrected chi connectivity index (χ1v) is 16.2. The van der Waals surface area contributed by atoms with E-state index in [0.717, 1.165) is 47.7 Å². The minimum atomic E-state index is -3.93. The Morgan fingerprint density at radius 1 is 0.950 bits per heavy atom. The number of rotatable bonds is 7. The van der Waals surface area contributed by atoms with E-state index < -0.39 is 16.1 Å². The summed E-state index contributed by atoms with van der Waals surface area (Å²) in [5, 5.41) is 1.69. The molecule has 216 valence electrons. The SMILES string of the molecule is CC(=O)N1CCN(C[C@@H]2CCCN2C(=O)CN2CCC[C@H](NS(=O)(=O)c3ccc4cc(Br)ccc4c3)C2=O)CC1. The van der Waals surface area contributed by atoms with Crippen LogP contribution < -0.4 is 4.72 Å². The number of amides is 3. The molecule has 1 N–H and O–H groups in total. The lowest BCUT2D eigenvalue weighted by molar-refractivity contribution is -0.143. The maximum atomic E-state index is 13.3. The Hall–Kier alpha value is -2.54. The summed E-state index contributed by atoms with van der Waals surface area (Å²) >= 11 is 3.42. The Balaban J connectivity index is 1.19. The van der Waals surface area contributed by atoms with Crippen LogP contribution in [0.4, 0.5) is 0 Å².